The number of nitrogens with one attached hydrogen (secondary N) is 1. The Labute approximate surface area is 180 Å². The fourth-order valence-corrected chi connectivity index (χ4v) is 2.93. The van der Waals surface area contributed by atoms with Crippen LogP contribution < -0.4 is 5.32 Å². The van der Waals surface area contributed by atoms with Gasteiger partial charge in [0.05, 0.1) is 13.7 Å². The van der Waals surface area contributed by atoms with Crippen LogP contribution in [0.2, 0.25) is 25.7 Å². The molecule has 0 saturated carbocycles. The Morgan fingerprint density at radius 3 is 2.17 bits per heavy atom. The summed E-state index contributed by atoms with van der Waals surface area (Å²) in [6.07, 6.45) is 3.47. The maximum atomic E-state index is 12.5. The quantitative estimate of drug-likeness (QED) is 0.123. The molecule has 0 spiro atoms. The highest BCUT2D eigenvalue weighted by molar-refractivity contribution is 6.76. The van der Waals surface area contributed by atoms with E-state index in [4.69, 9.17) is 9.47 Å². The highest BCUT2D eigenvalue weighted by Gasteiger charge is 2.32. The summed E-state index contributed by atoms with van der Waals surface area (Å²) < 4.78 is 15.1. The number of unbranched alkanes of at least 4 members (excludes halogenated alkanes) is 1. The molecule has 1 N–H and O–H groups in total. The Kier molecular flexibility index (Phi) is 12.3. The summed E-state index contributed by atoms with van der Waals surface area (Å²) in [6.45, 7) is 12.4. The zero-order valence-corrected chi connectivity index (χ0v) is 20.3. The monoisotopic (exact) mass is 443 g/mol. The van der Waals surface area contributed by atoms with E-state index in [9.17, 15) is 19.2 Å². The molecule has 0 saturated heterocycles. The Hall–Kier alpha value is -2.16. The van der Waals surface area contributed by atoms with Crippen molar-refractivity contribution in [2.24, 2.45) is 5.92 Å². The van der Waals surface area contributed by atoms with Gasteiger partial charge in [0.15, 0.2) is 5.92 Å². The molecule has 1 amide bonds. The molecular formula is C21H37NO7Si. The lowest BCUT2D eigenvalue weighted by Crippen LogP contribution is -2.34. The molecule has 30 heavy (non-hydrogen) atoms. The molecule has 8 nitrogen and oxygen atoms in total. The number of hydrogen-bond donors (Lipinski definition) is 1. The maximum Gasteiger partial charge on any atom is 0.330 e. The van der Waals surface area contributed by atoms with Gasteiger partial charge in [0.25, 0.3) is 0 Å². The van der Waals surface area contributed by atoms with Gasteiger partial charge < -0.3 is 19.5 Å². The third-order valence-corrected chi connectivity index (χ3v) is 5.57. The number of rotatable bonds is 12. The van der Waals surface area contributed by atoms with Crippen molar-refractivity contribution in [1.82, 2.24) is 5.32 Å². The van der Waals surface area contributed by atoms with Crippen LogP contribution in [-0.2, 0) is 33.4 Å². The topological polar surface area (TPSA) is 108 Å². The van der Waals surface area contributed by atoms with E-state index < -0.39 is 43.4 Å². The number of carbonyl (C=O) groups excluding carboxylic acids is 4. The first-order chi connectivity index (χ1) is 13.7. The molecule has 0 radical (unpaired) electrons. The van der Waals surface area contributed by atoms with Crippen LogP contribution in [0.15, 0.2) is 12.2 Å². The number of carbonyl (C=O) groups is 4. The van der Waals surface area contributed by atoms with Crippen LogP contribution in [0.25, 0.3) is 0 Å². The Morgan fingerprint density at radius 1 is 1.00 bits per heavy atom. The fraction of sp³-hybridized carbons (Fsp3) is 0.714. The van der Waals surface area contributed by atoms with E-state index in [0.717, 1.165) is 18.2 Å². The number of amides is 1. The molecule has 172 valence electrons. The van der Waals surface area contributed by atoms with Gasteiger partial charge >= 0.3 is 17.9 Å². The van der Waals surface area contributed by atoms with Crippen molar-refractivity contribution >= 4 is 31.9 Å². The molecule has 0 aliphatic heterocycles. The zero-order valence-electron chi connectivity index (χ0n) is 19.3. The van der Waals surface area contributed by atoms with Crippen LogP contribution in [0, 0.1) is 5.92 Å². The van der Waals surface area contributed by atoms with Crippen LogP contribution in [0.3, 0.4) is 0 Å². The molecule has 0 aromatic carbocycles. The first-order valence-corrected chi connectivity index (χ1v) is 13.9. The van der Waals surface area contributed by atoms with Crippen LogP contribution in [0.5, 0.6) is 0 Å². The third kappa shape index (κ3) is 14.8. The SMILES string of the molecule is COC(=O)/C=C/C(=O)NCCCC[C@H](C(=O)OCC[Si](C)(C)C)C(=O)OC(C)(C)C. The molecule has 0 rings (SSSR count). The standard InChI is InChI=1S/C21H37NO7Si/c1-21(2,3)29-20(26)16(19(25)28-14-15-30(5,6)7)10-8-9-13-22-17(23)11-12-18(24)27-4/h11-12,16H,8-10,13-15H2,1-7H3,(H,22,23)/b12-11+/t16-/m1/s1. The molecular weight excluding hydrogens is 406 g/mol. The second kappa shape index (κ2) is 13.2. The minimum absolute atomic E-state index is 0.272. The van der Waals surface area contributed by atoms with Gasteiger partial charge in [-0.25, -0.2) is 4.79 Å². The van der Waals surface area contributed by atoms with Gasteiger partial charge in [-0.1, -0.05) is 26.1 Å². The minimum atomic E-state index is -1.36. The Morgan fingerprint density at radius 2 is 1.63 bits per heavy atom. The zero-order chi connectivity index (χ0) is 23.4. The van der Waals surface area contributed by atoms with Crippen LogP contribution >= 0.6 is 0 Å². The van der Waals surface area contributed by atoms with Crippen LogP contribution in [-0.4, -0.2) is 57.8 Å². The summed E-state index contributed by atoms with van der Waals surface area (Å²) >= 11 is 0. The molecule has 0 heterocycles. The summed E-state index contributed by atoms with van der Waals surface area (Å²) in [6, 6.07) is 0.824. The molecule has 0 bridgehead atoms. The fourth-order valence-electron chi connectivity index (χ4n) is 2.22. The second-order valence-electron chi connectivity index (χ2n) is 9.21. The molecule has 0 aliphatic carbocycles. The number of hydrogen-bond acceptors (Lipinski definition) is 7. The molecule has 0 aliphatic rings. The smallest absolute Gasteiger partial charge is 0.330 e. The lowest BCUT2D eigenvalue weighted by Gasteiger charge is -2.23. The molecule has 0 aromatic heterocycles. The predicted octanol–water partition coefficient (Wildman–Crippen LogP) is 2.84. The van der Waals surface area contributed by atoms with Gasteiger partial charge in [-0.2, -0.15) is 0 Å². The molecule has 0 aromatic rings. The maximum absolute atomic E-state index is 12.5. The molecule has 0 unspecified atom stereocenters. The highest BCUT2D eigenvalue weighted by Crippen LogP contribution is 2.18. The van der Waals surface area contributed by atoms with Crippen LogP contribution in [0.4, 0.5) is 0 Å². The molecule has 1 atom stereocenters. The Bertz CT molecular complexity index is 618. The third-order valence-electron chi connectivity index (χ3n) is 3.86. The van der Waals surface area contributed by atoms with Crippen molar-refractivity contribution in [1.29, 1.82) is 0 Å². The number of methoxy groups -OCH3 is 1. The molecule has 9 heteroatoms. The predicted molar refractivity (Wildman–Crippen MR) is 116 cm³/mol. The normalized spacial score (nSPS) is 12.9. The van der Waals surface area contributed by atoms with Crippen molar-refractivity contribution in [3.8, 4) is 0 Å². The van der Waals surface area contributed by atoms with Crippen LogP contribution in [0.1, 0.15) is 40.0 Å². The number of esters is 3. The average Bonchev–Trinajstić information content (AvgIpc) is 2.59. The Balaban J connectivity index is 4.62. The van der Waals surface area contributed by atoms with Crippen molar-refractivity contribution in [3.05, 3.63) is 12.2 Å². The summed E-state index contributed by atoms with van der Waals surface area (Å²) in [5.74, 6) is -3.17. The number of ether oxygens (including phenoxy) is 3. The lowest BCUT2D eigenvalue weighted by atomic mass is 10.0. The van der Waals surface area contributed by atoms with E-state index >= 15 is 0 Å². The van der Waals surface area contributed by atoms with E-state index in [1.54, 1.807) is 20.8 Å². The van der Waals surface area contributed by atoms with Gasteiger partial charge in [-0.3, -0.25) is 14.4 Å². The van der Waals surface area contributed by atoms with E-state index in [2.05, 4.69) is 29.7 Å². The summed E-state index contributed by atoms with van der Waals surface area (Å²) in [4.78, 5) is 47.5. The van der Waals surface area contributed by atoms with Crippen molar-refractivity contribution < 1.29 is 33.4 Å². The van der Waals surface area contributed by atoms with Gasteiger partial charge in [-0.05, 0) is 39.7 Å². The first-order valence-electron chi connectivity index (χ1n) is 10.2. The second-order valence-corrected chi connectivity index (χ2v) is 14.8. The van der Waals surface area contributed by atoms with Crippen molar-refractivity contribution in [3.63, 3.8) is 0 Å². The molecule has 0 fully saturated rings. The lowest BCUT2D eigenvalue weighted by molar-refractivity contribution is -0.169. The summed E-state index contributed by atoms with van der Waals surface area (Å²) in [5, 5.41) is 2.62. The van der Waals surface area contributed by atoms with Crippen molar-refractivity contribution in [2.75, 3.05) is 20.3 Å². The highest BCUT2D eigenvalue weighted by atomic mass is 28.3. The van der Waals surface area contributed by atoms with E-state index in [1.165, 1.54) is 7.11 Å². The minimum Gasteiger partial charge on any atom is -0.466 e. The van der Waals surface area contributed by atoms with Gasteiger partial charge in [0.2, 0.25) is 5.91 Å². The average molecular weight is 444 g/mol. The summed E-state index contributed by atoms with van der Waals surface area (Å²) in [7, 11) is -0.132. The van der Waals surface area contributed by atoms with E-state index in [1.807, 2.05) is 0 Å². The first kappa shape index (κ1) is 27.8. The van der Waals surface area contributed by atoms with E-state index in [-0.39, 0.29) is 6.42 Å². The summed E-state index contributed by atoms with van der Waals surface area (Å²) in [5.41, 5.74) is -0.701. The van der Waals surface area contributed by atoms with Gasteiger partial charge in [-0.15, -0.1) is 0 Å². The van der Waals surface area contributed by atoms with Crippen molar-refractivity contribution in [2.45, 2.75) is 71.3 Å². The largest absolute Gasteiger partial charge is 0.466 e. The van der Waals surface area contributed by atoms with Gasteiger partial charge in [0, 0.05) is 26.8 Å². The van der Waals surface area contributed by atoms with E-state index in [0.29, 0.717) is 26.0 Å². The van der Waals surface area contributed by atoms with Gasteiger partial charge in [0.1, 0.15) is 5.60 Å².